The zero-order chi connectivity index (χ0) is 10.8. The summed E-state index contributed by atoms with van der Waals surface area (Å²) in [5, 5.41) is 9.39. The lowest BCUT2D eigenvalue weighted by Crippen LogP contribution is -2.05. The van der Waals surface area contributed by atoms with Gasteiger partial charge in [-0.2, -0.15) is 0 Å². The van der Waals surface area contributed by atoms with Crippen molar-refractivity contribution in [3.8, 4) is 11.5 Å². The highest BCUT2D eigenvalue weighted by Gasteiger charge is 2.20. The van der Waals surface area contributed by atoms with E-state index in [1.165, 1.54) is 0 Å². The lowest BCUT2D eigenvalue weighted by atomic mass is 10.1. The largest absolute Gasteiger partial charge is 0.454 e. The Morgan fingerprint density at radius 2 is 2.27 bits per heavy atom. The number of aliphatic hydroxyl groups is 1. The van der Waals surface area contributed by atoms with Crippen LogP contribution >= 0.6 is 11.8 Å². The molecule has 0 saturated heterocycles. The molecule has 1 aromatic rings. The minimum Gasteiger partial charge on any atom is -0.454 e. The van der Waals surface area contributed by atoms with Crippen LogP contribution in [0, 0.1) is 0 Å². The first kappa shape index (κ1) is 10.6. The molecule has 1 aromatic carbocycles. The predicted molar refractivity (Wildman–Crippen MR) is 59.7 cm³/mol. The van der Waals surface area contributed by atoms with E-state index in [2.05, 4.69) is 0 Å². The highest BCUT2D eigenvalue weighted by Crippen LogP contribution is 2.42. The van der Waals surface area contributed by atoms with E-state index >= 15 is 0 Å². The summed E-state index contributed by atoms with van der Waals surface area (Å²) in [4.78, 5) is 1.07. The zero-order valence-corrected chi connectivity index (χ0v) is 9.63. The summed E-state index contributed by atoms with van der Waals surface area (Å²) >= 11 is 1.63. The van der Waals surface area contributed by atoms with Gasteiger partial charge in [-0.1, -0.05) is 6.07 Å². The molecule has 1 atom stereocenters. The van der Waals surface area contributed by atoms with E-state index in [4.69, 9.17) is 9.47 Å². The molecular weight excluding hydrogens is 212 g/mol. The molecule has 0 radical (unpaired) electrons. The minimum absolute atomic E-state index is 0.293. The molecule has 82 valence electrons. The van der Waals surface area contributed by atoms with Gasteiger partial charge in [0.15, 0.2) is 11.5 Å². The van der Waals surface area contributed by atoms with E-state index < -0.39 is 0 Å². The number of hydrogen-bond acceptors (Lipinski definition) is 4. The van der Waals surface area contributed by atoms with Gasteiger partial charge in [0.05, 0.1) is 11.0 Å². The van der Waals surface area contributed by atoms with Crippen molar-refractivity contribution < 1.29 is 14.6 Å². The molecule has 15 heavy (non-hydrogen) atoms. The van der Waals surface area contributed by atoms with Crippen molar-refractivity contribution in [2.45, 2.75) is 24.3 Å². The van der Waals surface area contributed by atoms with Crippen molar-refractivity contribution in [2.75, 3.05) is 13.0 Å². The van der Waals surface area contributed by atoms with E-state index in [0.717, 1.165) is 22.0 Å². The monoisotopic (exact) mass is 226 g/mol. The van der Waals surface area contributed by atoms with Crippen LogP contribution in [0.2, 0.25) is 0 Å². The summed E-state index contributed by atoms with van der Waals surface area (Å²) < 4.78 is 10.7. The van der Waals surface area contributed by atoms with Gasteiger partial charge < -0.3 is 14.6 Å². The number of thioether (sulfide) groups is 1. The SMILES string of the molecule is CSc1c(CC(C)O)ccc2c1OCO2. The van der Waals surface area contributed by atoms with Crippen molar-refractivity contribution in [3.63, 3.8) is 0 Å². The first-order chi connectivity index (χ1) is 7.22. The first-order valence-electron chi connectivity index (χ1n) is 4.86. The predicted octanol–water partition coefficient (Wildman–Crippen LogP) is 2.06. The van der Waals surface area contributed by atoms with Crippen LogP contribution in [-0.2, 0) is 6.42 Å². The molecule has 1 aliphatic rings. The molecule has 0 spiro atoms. The third kappa shape index (κ3) is 2.06. The maximum Gasteiger partial charge on any atom is 0.231 e. The average molecular weight is 226 g/mol. The molecule has 1 aliphatic heterocycles. The van der Waals surface area contributed by atoms with Crippen LogP contribution in [0.5, 0.6) is 11.5 Å². The van der Waals surface area contributed by atoms with Gasteiger partial charge in [0, 0.05) is 0 Å². The van der Waals surface area contributed by atoms with Crippen LogP contribution in [0.15, 0.2) is 17.0 Å². The molecule has 0 bridgehead atoms. The molecule has 0 aromatic heterocycles. The summed E-state index contributed by atoms with van der Waals surface area (Å²) in [5.41, 5.74) is 1.11. The first-order valence-corrected chi connectivity index (χ1v) is 6.08. The highest BCUT2D eigenvalue weighted by molar-refractivity contribution is 7.98. The van der Waals surface area contributed by atoms with Crippen molar-refractivity contribution >= 4 is 11.8 Å². The van der Waals surface area contributed by atoms with E-state index in [-0.39, 0.29) is 6.10 Å². The lowest BCUT2D eigenvalue weighted by molar-refractivity contribution is 0.172. The zero-order valence-electron chi connectivity index (χ0n) is 8.82. The number of aliphatic hydroxyl groups excluding tert-OH is 1. The maximum absolute atomic E-state index is 9.39. The van der Waals surface area contributed by atoms with E-state index in [1.54, 1.807) is 18.7 Å². The number of fused-ring (bicyclic) bond motifs is 1. The Balaban J connectivity index is 2.39. The van der Waals surface area contributed by atoms with Gasteiger partial charge in [-0.25, -0.2) is 0 Å². The summed E-state index contributed by atoms with van der Waals surface area (Å²) in [5.74, 6) is 1.62. The lowest BCUT2D eigenvalue weighted by Gasteiger charge is -2.11. The fourth-order valence-corrected chi connectivity index (χ4v) is 2.45. The number of ether oxygens (including phenoxy) is 2. The number of hydrogen-bond donors (Lipinski definition) is 1. The molecule has 3 nitrogen and oxygen atoms in total. The Kier molecular flexibility index (Phi) is 3.07. The van der Waals surface area contributed by atoms with Gasteiger partial charge in [0.1, 0.15) is 0 Å². The summed E-state index contributed by atoms with van der Waals surface area (Å²) in [6.45, 7) is 2.08. The third-order valence-corrected chi connectivity index (χ3v) is 3.15. The van der Waals surface area contributed by atoms with Crippen LogP contribution < -0.4 is 9.47 Å². The van der Waals surface area contributed by atoms with Gasteiger partial charge in [-0.3, -0.25) is 0 Å². The Labute approximate surface area is 93.4 Å². The second-order valence-corrected chi connectivity index (χ2v) is 4.36. The standard InChI is InChI=1S/C11H14O3S/c1-7(12)5-8-3-4-9-10(11(8)15-2)14-6-13-9/h3-4,7,12H,5-6H2,1-2H3. The topological polar surface area (TPSA) is 38.7 Å². The number of benzene rings is 1. The van der Waals surface area contributed by atoms with E-state index in [9.17, 15) is 5.11 Å². The third-order valence-electron chi connectivity index (χ3n) is 2.29. The Morgan fingerprint density at radius 3 is 2.93 bits per heavy atom. The summed E-state index contributed by atoms with van der Waals surface area (Å²) in [6, 6.07) is 3.89. The van der Waals surface area contributed by atoms with Crippen molar-refractivity contribution in [1.29, 1.82) is 0 Å². The smallest absolute Gasteiger partial charge is 0.231 e. The molecule has 0 amide bonds. The van der Waals surface area contributed by atoms with E-state index in [1.807, 2.05) is 18.4 Å². The van der Waals surface area contributed by atoms with Gasteiger partial charge in [-0.15, -0.1) is 11.8 Å². The summed E-state index contributed by atoms with van der Waals surface area (Å²) in [7, 11) is 0. The van der Waals surface area contributed by atoms with Gasteiger partial charge in [0.2, 0.25) is 6.79 Å². The van der Waals surface area contributed by atoms with Crippen LogP contribution in [-0.4, -0.2) is 24.3 Å². The molecule has 0 saturated carbocycles. The van der Waals surface area contributed by atoms with Crippen molar-refractivity contribution in [3.05, 3.63) is 17.7 Å². The Morgan fingerprint density at radius 1 is 1.47 bits per heavy atom. The quantitative estimate of drug-likeness (QED) is 0.801. The normalized spacial score (nSPS) is 15.4. The molecule has 0 aliphatic carbocycles. The van der Waals surface area contributed by atoms with Gasteiger partial charge >= 0.3 is 0 Å². The molecule has 2 rings (SSSR count). The molecule has 1 N–H and O–H groups in total. The molecule has 4 heteroatoms. The minimum atomic E-state index is -0.337. The van der Waals surface area contributed by atoms with Crippen LogP contribution in [0.25, 0.3) is 0 Å². The number of rotatable bonds is 3. The van der Waals surface area contributed by atoms with Crippen LogP contribution in [0.4, 0.5) is 0 Å². The molecule has 1 unspecified atom stereocenters. The molecular formula is C11H14O3S. The van der Waals surface area contributed by atoms with Crippen molar-refractivity contribution in [1.82, 2.24) is 0 Å². The van der Waals surface area contributed by atoms with Gasteiger partial charge in [0.25, 0.3) is 0 Å². The maximum atomic E-state index is 9.39. The Bertz CT molecular complexity index is 363. The van der Waals surface area contributed by atoms with Crippen LogP contribution in [0.3, 0.4) is 0 Å². The van der Waals surface area contributed by atoms with Gasteiger partial charge in [-0.05, 0) is 31.2 Å². The second-order valence-electron chi connectivity index (χ2n) is 3.54. The second kappa shape index (κ2) is 4.33. The average Bonchev–Trinajstić information content (AvgIpc) is 2.64. The highest BCUT2D eigenvalue weighted by atomic mass is 32.2. The fourth-order valence-electron chi connectivity index (χ4n) is 1.69. The van der Waals surface area contributed by atoms with Crippen molar-refractivity contribution in [2.24, 2.45) is 0 Å². The van der Waals surface area contributed by atoms with Crippen LogP contribution in [0.1, 0.15) is 12.5 Å². The van der Waals surface area contributed by atoms with E-state index in [0.29, 0.717) is 13.2 Å². The summed E-state index contributed by atoms with van der Waals surface area (Å²) in [6.07, 6.45) is 2.31. The molecule has 1 heterocycles. The fraction of sp³-hybridized carbons (Fsp3) is 0.455. The Hall–Kier alpha value is -0.870. The molecule has 0 fully saturated rings.